The summed E-state index contributed by atoms with van der Waals surface area (Å²) < 4.78 is 14.8. The van der Waals surface area contributed by atoms with Crippen LogP contribution in [0.4, 0.5) is 21.0 Å². The third-order valence-electron chi connectivity index (χ3n) is 3.83. The van der Waals surface area contributed by atoms with Gasteiger partial charge in [-0.3, -0.25) is 15.4 Å². The standard InChI is InChI=1S/C21H21N5O6/c1-4-18(27)23-17-11-15(32-14-7-5-13(12-22)6-8-14)9-10-16(17)24-19(25-20(28)30-2)26-21(29)31-3/h5-11H,4H2,1-3H3,(H,23,27)(H2,24,25,26,28,29). The first-order valence-corrected chi connectivity index (χ1v) is 9.29. The summed E-state index contributed by atoms with van der Waals surface area (Å²) >= 11 is 0. The second-order valence-electron chi connectivity index (χ2n) is 6.01. The topological polar surface area (TPSA) is 151 Å². The maximum atomic E-state index is 12.0. The molecule has 0 radical (unpaired) electrons. The van der Waals surface area contributed by atoms with Crippen LogP contribution in [0.25, 0.3) is 0 Å². The zero-order chi connectivity index (χ0) is 23.5. The molecule has 0 aromatic heterocycles. The molecule has 32 heavy (non-hydrogen) atoms. The molecule has 0 bridgehead atoms. The van der Waals surface area contributed by atoms with Gasteiger partial charge in [-0.1, -0.05) is 6.92 Å². The summed E-state index contributed by atoms with van der Waals surface area (Å²) in [6.45, 7) is 1.68. The van der Waals surface area contributed by atoms with Crippen molar-refractivity contribution in [3.8, 4) is 17.6 Å². The Balaban J connectivity index is 2.40. The summed E-state index contributed by atoms with van der Waals surface area (Å²) in [6.07, 6.45) is -1.54. The molecule has 0 aliphatic carbocycles. The number of aliphatic imine (C=N–C) groups is 1. The Morgan fingerprint density at radius 2 is 1.56 bits per heavy atom. The number of amides is 3. The molecule has 3 N–H and O–H groups in total. The monoisotopic (exact) mass is 439 g/mol. The number of nitrogens with one attached hydrogen (secondary N) is 3. The summed E-state index contributed by atoms with van der Waals surface area (Å²) in [6, 6.07) is 13.1. The SMILES string of the molecule is CCC(=O)Nc1cc(Oc2ccc(C#N)cc2)ccc1N=C(NC(=O)OC)NC(=O)OC. The first-order chi connectivity index (χ1) is 15.4. The molecule has 0 heterocycles. The van der Waals surface area contributed by atoms with Crippen molar-refractivity contribution in [2.45, 2.75) is 13.3 Å². The number of anilines is 1. The molecule has 0 atom stereocenters. The fraction of sp³-hybridized carbons (Fsp3) is 0.190. The molecule has 2 rings (SSSR count). The van der Waals surface area contributed by atoms with Crippen molar-refractivity contribution in [1.82, 2.24) is 10.6 Å². The lowest BCUT2D eigenvalue weighted by atomic mass is 10.2. The average Bonchev–Trinajstić information content (AvgIpc) is 2.80. The lowest BCUT2D eigenvalue weighted by molar-refractivity contribution is -0.115. The molecule has 2 aromatic rings. The van der Waals surface area contributed by atoms with Gasteiger partial charge in [0.1, 0.15) is 11.5 Å². The molecule has 11 heteroatoms. The summed E-state index contributed by atoms with van der Waals surface area (Å²) in [5, 5.41) is 16.1. The van der Waals surface area contributed by atoms with Gasteiger partial charge in [-0.15, -0.1) is 0 Å². The molecule has 0 unspecified atom stereocenters. The minimum Gasteiger partial charge on any atom is -0.457 e. The summed E-state index contributed by atoms with van der Waals surface area (Å²) in [7, 11) is 2.29. The van der Waals surface area contributed by atoms with Crippen LogP contribution in [0, 0.1) is 11.3 Å². The van der Waals surface area contributed by atoms with E-state index < -0.39 is 12.2 Å². The minimum atomic E-state index is -0.875. The van der Waals surface area contributed by atoms with Crippen LogP contribution in [0.3, 0.4) is 0 Å². The number of carbonyl (C=O) groups is 3. The van der Waals surface area contributed by atoms with E-state index in [1.165, 1.54) is 12.1 Å². The minimum absolute atomic E-state index is 0.206. The Morgan fingerprint density at radius 3 is 2.09 bits per heavy atom. The number of ether oxygens (including phenoxy) is 3. The molecule has 0 saturated heterocycles. The molecule has 2 aromatic carbocycles. The molecule has 0 aliphatic rings. The zero-order valence-corrected chi connectivity index (χ0v) is 17.6. The maximum Gasteiger partial charge on any atom is 0.413 e. The highest BCUT2D eigenvalue weighted by Crippen LogP contribution is 2.32. The van der Waals surface area contributed by atoms with E-state index in [1.807, 2.05) is 6.07 Å². The highest BCUT2D eigenvalue weighted by molar-refractivity contribution is 6.03. The molecule has 3 amide bonds. The number of methoxy groups -OCH3 is 2. The number of benzene rings is 2. The number of nitriles is 1. The third kappa shape index (κ3) is 7.03. The van der Waals surface area contributed by atoms with Crippen molar-refractivity contribution in [3.63, 3.8) is 0 Å². The van der Waals surface area contributed by atoms with Crippen LogP contribution in [-0.2, 0) is 14.3 Å². The van der Waals surface area contributed by atoms with Gasteiger partial charge in [0, 0.05) is 12.5 Å². The van der Waals surface area contributed by atoms with E-state index in [0.29, 0.717) is 17.1 Å². The van der Waals surface area contributed by atoms with Gasteiger partial charge in [0.15, 0.2) is 0 Å². The smallest absolute Gasteiger partial charge is 0.413 e. The van der Waals surface area contributed by atoms with Crippen LogP contribution in [0.2, 0.25) is 0 Å². The Bertz CT molecular complexity index is 1040. The van der Waals surface area contributed by atoms with Gasteiger partial charge in [-0.2, -0.15) is 5.26 Å². The largest absolute Gasteiger partial charge is 0.457 e. The molecule has 0 spiro atoms. The van der Waals surface area contributed by atoms with E-state index in [4.69, 9.17) is 10.00 Å². The van der Waals surface area contributed by atoms with Crippen LogP contribution >= 0.6 is 0 Å². The second-order valence-corrected chi connectivity index (χ2v) is 6.01. The van der Waals surface area contributed by atoms with E-state index in [9.17, 15) is 14.4 Å². The van der Waals surface area contributed by atoms with Crippen molar-refractivity contribution in [1.29, 1.82) is 5.26 Å². The molecule has 166 valence electrons. The van der Waals surface area contributed by atoms with Crippen LogP contribution in [-0.4, -0.2) is 38.3 Å². The normalized spacial score (nSPS) is 9.56. The van der Waals surface area contributed by atoms with E-state index in [1.54, 1.807) is 37.3 Å². The number of nitrogens with zero attached hydrogens (tertiary/aromatic N) is 2. The fourth-order valence-electron chi connectivity index (χ4n) is 2.25. The van der Waals surface area contributed by atoms with E-state index in [2.05, 4.69) is 30.4 Å². The third-order valence-corrected chi connectivity index (χ3v) is 3.83. The molecule has 0 fully saturated rings. The predicted molar refractivity (Wildman–Crippen MR) is 115 cm³/mol. The number of hydrogen-bond donors (Lipinski definition) is 3. The highest BCUT2D eigenvalue weighted by Gasteiger charge is 2.14. The van der Waals surface area contributed by atoms with Crippen LogP contribution in [0.15, 0.2) is 47.5 Å². The van der Waals surface area contributed by atoms with Gasteiger partial charge >= 0.3 is 12.2 Å². The van der Waals surface area contributed by atoms with E-state index >= 15 is 0 Å². The number of rotatable bonds is 5. The van der Waals surface area contributed by atoms with Crippen molar-refractivity contribution in [2.75, 3.05) is 19.5 Å². The highest BCUT2D eigenvalue weighted by atomic mass is 16.5. The Morgan fingerprint density at radius 1 is 0.969 bits per heavy atom. The average molecular weight is 439 g/mol. The van der Waals surface area contributed by atoms with E-state index in [-0.39, 0.29) is 29.7 Å². The first-order valence-electron chi connectivity index (χ1n) is 9.29. The van der Waals surface area contributed by atoms with Crippen molar-refractivity contribution >= 4 is 35.4 Å². The molecule has 0 aliphatic heterocycles. The van der Waals surface area contributed by atoms with Gasteiger partial charge in [0.25, 0.3) is 0 Å². The van der Waals surface area contributed by atoms with Crippen LogP contribution < -0.4 is 20.7 Å². The molecular weight excluding hydrogens is 418 g/mol. The molecular formula is C21H21N5O6. The van der Waals surface area contributed by atoms with E-state index in [0.717, 1.165) is 14.2 Å². The Labute approximate surface area is 184 Å². The Kier molecular flexibility index (Phi) is 8.56. The summed E-state index contributed by atoms with van der Waals surface area (Å²) in [5.74, 6) is 0.286. The second kappa shape index (κ2) is 11.6. The van der Waals surface area contributed by atoms with Gasteiger partial charge < -0.3 is 19.5 Å². The zero-order valence-electron chi connectivity index (χ0n) is 17.6. The lowest BCUT2D eigenvalue weighted by Gasteiger charge is -2.13. The lowest BCUT2D eigenvalue weighted by Crippen LogP contribution is -2.43. The number of guanidine groups is 1. The first kappa shape index (κ1) is 23.7. The van der Waals surface area contributed by atoms with Crippen molar-refractivity contribution in [2.24, 2.45) is 4.99 Å². The number of hydrogen-bond acceptors (Lipinski definition) is 8. The number of alkyl carbamates (subject to hydrolysis) is 2. The fourth-order valence-corrected chi connectivity index (χ4v) is 2.25. The van der Waals surface area contributed by atoms with Gasteiger partial charge in [0.2, 0.25) is 11.9 Å². The van der Waals surface area contributed by atoms with Crippen molar-refractivity contribution < 1.29 is 28.6 Å². The summed E-state index contributed by atoms with van der Waals surface area (Å²) in [5.41, 5.74) is 0.960. The quantitative estimate of drug-likeness (QED) is 0.477. The van der Waals surface area contributed by atoms with Crippen LogP contribution in [0.5, 0.6) is 11.5 Å². The Hall–Kier alpha value is -4.59. The van der Waals surface area contributed by atoms with Gasteiger partial charge in [-0.05, 0) is 36.4 Å². The summed E-state index contributed by atoms with van der Waals surface area (Å²) in [4.78, 5) is 39.3. The van der Waals surface area contributed by atoms with Crippen LogP contribution in [0.1, 0.15) is 18.9 Å². The van der Waals surface area contributed by atoms with Crippen molar-refractivity contribution in [3.05, 3.63) is 48.0 Å². The molecule has 11 nitrogen and oxygen atoms in total. The number of carbonyl (C=O) groups excluding carboxylic acids is 3. The maximum absolute atomic E-state index is 12.0. The van der Waals surface area contributed by atoms with Gasteiger partial charge in [-0.25, -0.2) is 14.6 Å². The predicted octanol–water partition coefficient (Wildman–Crippen LogP) is 3.40. The van der Waals surface area contributed by atoms with Gasteiger partial charge in [0.05, 0.1) is 37.2 Å². The molecule has 0 saturated carbocycles.